The van der Waals surface area contributed by atoms with Crippen LogP contribution in [0.25, 0.3) is 10.9 Å². The third-order valence-corrected chi connectivity index (χ3v) is 5.96. The average Bonchev–Trinajstić information content (AvgIpc) is 3.28. The van der Waals surface area contributed by atoms with Gasteiger partial charge in [-0.1, -0.05) is 86.6 Å². The van der Waals surface area contributed by atoms with Crippen molar-refractivity contribution in [3.8, 4) is 0 Å². The van der Waals surface area contributed by atoms with Crippen LogP contribution in [0.4, 0.5) is 0 Å². The highest BCUT2D eigenvalue weighted by atomic mass is 16.4. The lowest BCUT2D eigenvalue weighted by Crippen LogP contribution is -2.42. The summed E-state index contributed by atoms with van der Waals surface area (Å²) in [5, 5.41) is 13.2. The van der Waals surface area contributed by atoms with Crippen molar-refractivity contribution in [3.63, 3.8) is 0 Å². The molecule has 0 bridgehead atoms. The normalized spacial score (nSPS) is 13.0. The van der Waals surface area contributed by atoms with Crippen molar-refractivity contribution >= 4 is 22.8 Å². The van der Waals surface area contributed by atoms with Crippen molar-refractivity contribution in [2.24, 2.45) is 0 Å². The Labute approximate surface area is 216 Å². The van der Waals surface area contributed by atoms with Gasteiger partial charge in [0, 0.05) is 29.9 Å². The number of para-hydroxylation sites is 1. The van der Waals surface area contributed by atoms with Crippen LogP contribution in [0.1, 0.15) is 76.7 Å². The molecule has 5 heteroatoms. The molecular weight excluding hydrogens is 448 g/mol. The lowest BCUT2D eigenvalue weighted by atomic mass is 10.0. The summed E-state index contributed by atoms with van der Waals surface area (Å²) in [7, 11) is 0. The number of rotatable bonds is 18. The van der Waals surface area contributed by atoms with Crippen LogP contribution in [0.3, 0.4) is 0 Å². The molecule has 36 heavy (non-hydrogen) atoms. The number of allylic oxidation sites excluding steroid dienone is 8. The summed E-state index contributed by atoms with van der Waals surface area (Å²) in [6.45, 7) is 2.23. The summed E-state index contributed by atoms with van der Waals surface area (Å²) in [4.78, 5) is 27.1. The fourth-order valence-corrected chi connectivity index (χ4v) is 3.93. The van der Waals surface area contributed by atoms with E-state index in [4.69, 9.17) is 0 Å². The Bertz CT molecular complexity index is 1030. The van der Waals surface area contributed by atoms with Crippen molar-refractivity contribution in [1.82, 2.24) is 10.3 Å². The minimum Gasteiger partial charge on any atom is -0.480 e. The fraction of sp³-hybridized carbons (Fsp3) is 0.419. The SMILES string of the molecule is CCCCCC=CCC=CCC=CCC=CCCCC(=O)NC(Cc1c[nH]c2ccccc12)C(=O)O. The van der Waals surface area contributed by atoms with Crippen molar-refractivity contribution in [2.45, 2.75) is 83.6 Å². The van der Waals surface area contributed by atoms with Crippen molar-refractivity contribution in [1.29, 1.82) is 0 Å². The Balaban J connectivity index is 1.56. The zero-order valence-corrected chi connectivity index (χ0v) is 21.6. The Morgan fingerprint density at radius 1 is 0.889 bits per heavy atom. The van der Waals surface area contributed by atoms with Gasteiger partial charge in [-0.2, -0.15) is 0 Å². The van der Waals surface area contributed by atoms with Crippen LogP contribution < -0.4 is 5.32 Å². The standard InChI is InChI=1S/C31H42N2O3/c1-2-3-4-5-6-7-8-9-10-11-12-13-14-15-16-17-18-23-30(34)33-29(31(35)36)24-26-25-32-28-22-20-19-21-27(26)28/h6-7,9-10,12-13,15-16,19-22,25,29,32H,2-5,8,11,14,17-18,23-24H2,1H3,(H,33,34)(H,35,36). The number of carbonyl (C=O) groups is 2. The van der Waals surface area contributed by atoms with E-state index in [0.29, 0.717) is 12.8 Å². The molecule has 1 atom stereocenters. The second kappa shape index (κ2) is 18.0. The number of aliphatic carboxylic acids is 1. The monoisotopic (exact) mass is 490 g/mol. The molecule has 1 aromatic heterocycles. The Morgan fingerprint density at radius 3 is 2.14 bits per heavy atom. The van der Waals surface area contributed by atoms with Gasteiger partial charge in [0.2, 0.25) is 5.91 Å². The lowest BCUT2D eigenvalue weighted by molar-refractivity contribution is -0.141. The largest absolute Gasteiger partial charge is 0.480 e. The molecule has 0 aliphatic heterocycles. The van der Waals surface area contributed by atoms with E-state index in [2.05, 4.69) is 65.8 Å². The van der Waals surface area contributed by atoms with Crippen LogP contribution in [0.2, 0.25) is 0 Å². The molecule has 0 saturated carbocycles. The number of carboxylic acids is 1. The molecule has 3 N–H and O–H groups in total. The van der Waals surface area contributed by atoms with Gasteiger partial charge in [-0.25, -0.2) is 4.79 Å². The van der Waals surface area contributed by atoms with E-state index in [9.17, 15) is 14.7 Å². The highest BCUT2D eigenvalue weighted by Gasteiger charge is 2.21. The summed E-state index contributed by atoms with van der Waals surface area (Å²) in [6, 6.07) is 6.81. The number of amides is 1. The molecule has 1 heterocycles. The fourth-order valence-electron chi connectivity index (χ4n) is 3.93. The molecular formula is C31H42N2O3. The van der Waals surface area contributed by atoms with Crippen molar-refractivity contribution in [3.05, 3.63) is 84.6 Å². The molecule has 0 aliphatic rings. The zero-order chi connectivity index (χ0) is 25.8. The quantitative estimate of drug-likeness (QED) is 0.150. The van der Waals surface area contributed by atoms with Gasteiger partial charge in [-0.3, -0.25) is 4.79 Å². The molecule has 0 fully saturated rings. The van der Waals surface area contributed by atoms with Crippen molar-refractivity contribution in [2.75, 3.05) is 0 Å². The first-order valence-corrected chi connectivity index (χ1v) is 13.3. The lowest BCUT2D eigenvalue weighted by Gasteiger charge is -2.14. The first kappa shape index (κ1) is 28.9. The number of aromatic amines is 1. The maximum atomic E-state index is 12.3. The van der Waals surface area contributed by atoms with Gasteiger partial charge in [0.25, 0.3) is 0 Å². The Hall–Kier alpha value is -3.34. The number of benzene rings is 1. The number of fused-ring (bicyclic) bond motifs is 1. The van der Waals surface area contributed by atoms with Gasteiger partial charge in [-0.15, -0.1) is 0 Å². The molecule has 2 aromatic rings. The molecule has 0 spiro atoms. The van der Waals surface area contributed by atoms with Gasteiger partial charge in [0.05, 0.1) is 0 Å². The smallest absolute Gasteiger partial charge is 0.326 e. The third kappa shape index (κ3) is 11.9. The van der Waals surface area contributed by atoms with Gasteiger partial charge >= 0.3 is 5.97 Å². The number of aromatic nitrogens is 1. The first-order chi connectivity index (χ1) is 17.6. The summed E-state index contributed by atoms with van der Waals surface area (Å²) >= 11 is 0. The van der Waals surface area contributed by atoms with Crippen LogP contribution >= 0.6 is 0 Å². The van der Waals surface area contributed by atoms with Crippen LogP contribution in [-0.2, 0) is 16.0 Å². The van der Waals surface area contributed by atoms with E-state index >= 15 is 0 Å². The molecule has 1 amide bonds. The minimum absolute atomic E-state index is 0.224. The first-order valence-electron chi connectivity index (χ1n) is 13.3. The molecule has 194 valence electrons. The highest BCUT2D eigenvalue weighted by Crippen LogP contribution is 2.19. The molecule has 5 nitrogen and oxygen atoms in total. The van der Waals surface area contributed by atoms with Crippen LogP contribution in [-0.4, -0.2) is 28.0 Å². The number of H-pyrrole nitrogens is 1. The van der Waals surface area contributed by atoms with Crippen LogP contribution in [0.5, 0.6) is 0 Å². The van der Waals surface area contributed by atoms with Crippen LogP contribution in [0.15, 0.2) is 79.1 Å². The summed E-state index contributed by atoms with van der Waals surface area (Å²) in [5.41, 5.74) is 1.85. The van der Waals surface area contributed by atoms with E-state index in [0.717, 1.165) is 42.1 Å². The number of unbranched alkanes of at least 4 members (excludes halogenated alkanes) is 4. The van der Waals surface area contributed by atoms with Gasteiger partial charge < -0.3 is 15.4 Å². The molecule has 0 radical (unpaired) electrons. The minimum atomic E-state index is -1.02. The molecule has 0 aliphatic carbocycles. The molecule has 2 rings (SSSR count). The Morgan fingerprint density at radius 2 is 1.50 bits per heavy atom. The maximum absolute atomic E-state index is 12.3. The average molecular weight is 491 g/mol. The molecule has 1 unspecified atom stereocenters. The zero-order valence-electron chi connectivity index (χ0n) is 21.6. The highest BCUT2D eigenvalue weighted by molar-refractivity contribution is 5.86. The number of carbonyl (C=O) groups excluding carboxylic acids is 1. The van der Waals surface area contributed by atoms with E-state index in [1.54, 1.807) is 0 Å². The number of carboxylic acid groups (broad SMARTS) is 1. The van der Waals surface area contributed by atoms with E-state index in [1.165, 1.54) is 25.7 Å². The van der Waals surface area contributed by atoms with E-state index < -0.39 is 12.0 Å². The van der Waals surface area contributed by atoms with E-state index in [1.807, 2.05) is 30.5 Å². The van der Waals surface area contributed by atoms with Gasteiger partial charge in [-0.05, 0) is 56.6 Å². The number of hydrogen-bond acceptors (Lipinski definition) is 2. The predicted molar refractivity (Wildman–Crippen MR) is 150 cm³/mol. The third-order valence-electron chi connectivity index (χ3n) is 5.96. The maximum Gasteiger partial charge on any atom is 0.326 e. The summed E-state index contributed by atoms with van der Waals surface area (Å²) in [5.74, 6) is -1.24. The summed E-state index contributed by atoms with van der Waals surface area (Å²) in [6.07, 6.45) is 29.2. The predicted octanol–water partition coefficient (Wildman–Crippen LogP) is 7.43. The molecule has 1 aromatic carbocycles. The van der Waals surface area contributed by atoms with Crippen molar-refractivity contribution < 1.29 is 14.7 Å². The topological polar surface area (TPSA) is 82.2 Å². The van der Waals surface area contributed by atoms with Gasteiger partial charge in [0.15, 0.2) is 0 Å². The second-order valence-electron chi connectivity index (χ2n) is 9.00. The van der Waals surface area contributed by atoms with Crippen LogP contribution in [0, 0.1) is 0 Å². The number of hydrogen-bond donors (Lipinski definition) is 3. The summed E-state index contributed by atoms with van der Waals surface area (Å²) < 4.78 is 0. The second-order valence-corrected chi connectivity index (χ2v) is 9.00. The number of nitrogens with one attached hydrogen (secondary N) is 2. The Kier molecular flexibility index (Phi) is 14.4. The molecule has 0 saturated heterocycles. The van der Waals surface area contributed by atoms with E-state index in [-0.39, 0.29) is 12.3 Å². The van der Waals surface area contributed by atoms with Gasteiger partial charge in [0.1, 0.15) is 6.04 Å².